The molecule has 0 spiro atoms. The number of aliphatic hydroxyl groups excluding tert-OH is 3. The minimum Gasteiger partial charge on any atom is -0.390 e. The summed E-state index contributed by atoms with van der Waals surface area (Å²) in [5, 5.41) is 28.8. The quantitative estimate of drug-likeness (QED) is 0.633. The summed E-state index contributed by atoms with van der Waals surface area (Å²) in [6, 6.07) is 8.77. The molecule has 0 heterocycles. The van der Waals surface area contributed by atoms with Crippen molar-refractivity contribution in [3.05, 3.63) is 48.6 Å². The van der Waals surface area contributed by atoms with E-state index in [2.05, 4.69) is 6.58 Å². The minimum atomic E-state index is -1.19. The molecular formula is C12H16O3. The van der Waals surface area contributed by atoms with Gasteiger partial charge in [-0.05, 0) is 12.0 Å². The molecular weight excluding hydrogens is 192 g/mol. The van der Waals surface area contributed by atoms with Gasteiger partial charge in [0.2, 0.25) is 0 Å². The van der Waals surface area contributed by atoms with Gasteiger partial charge in [0, 0.05) is 0 Å². The Morgan fingerprint density at radius 3 is 2.27 bits per heavy atom. The molecule has 0 unspecified atom stereocenters. The Kier molecular flexibility index (Phi) is 4.49. The highest BCUT2D eigenvalue weighted by Gasteiger charge is 2.24. The lowest BCUT2D eigenvalue weighted by Crippen LogP contribution is -2.31. The highest BCUT2D eigenvalue weighted by Crippen LogP contribution is 2.19. The van der Waals surface area contributed by atoms with Crippen molar-refractivity contribution in [3.8, 4) is 0 Å². The molecule has 3 N–H and O–H groups in total. The zero-order valence-corrected chi connectivity index (χ0v) is 8.45. The van der Waals surface area contributed by atoms with Crippen molar-refractivity contribution in [2.24, 2.45) is 0 Å². The van der Waals surface area contributed by atoms with Crippen LogP contribution < -0.4 is 0 Å². The summed E-state index contributed by atoms with van der Waals surface area (Å²) in [6.45, 7) is 3.46. The maximum absolute atomic E-state index is 9.74. The third-order valence-electron chi connectivity index (χ3n) is 2.27. The van der Waals surface area contributed by atoms with E-state index in [0.717, 1.165) is 0 Å². The third kappa shape index (κ3) is 3.16. The predicted octanol–water partition coefficient (Wildman–Crippen LogP) is 1.02. The number of hydrogen-bond donors (Lipinski definition) is 3. The normalized spacial score (nSPS) is 16.7. The standard InChI is InChI=1S/C12H16O3/c1-2-6-10(13)12(15)11(14)9-7-4-3-5-8-9/h2-5,7-8,10-15H,1,6H2/t10-,11+,12+/m1/s1. The number of rotatable bonds is 5. The van der Waals surface area contributed by atoms with E-state index in [1.165, 1.54) is 6.08 Å². The predicted molar refractivity (Wildman–Crippen MR) is 58.2 cm³/mol. The van der Waals surface area contributed by atoms with Gasteiger partial charge in [0.1, 0.15) is 12.2 Å². The fraction of sp³-hybridized carbons (Fsp3) is 0.333. The molecule has 0 fully saturated rings. The summed E-state index contributed by atoms with van der Waals surface area (Å²) < 4.78 is 0. The van der Waals surface area contributed by atoms with Gasteiger partial charge in [-0.1, -0.05) is 36.4 Å². The molecule has 1 aromatic carbocycles. The van der Waals surface area contributed by atoms with Crippen molar-refractivity contribution >= 4 is 0 Å². The van der Waals surface area contributed by atoms with Crippen LogP contribution in [0.2, 0.25) is 0 Å². The van der Waals surface area contributed by atoms with Crippen molar-refractivity contribution < 1.29 is 15.3 Å². The second-order valence-corrected chi connectivity index (χ2v) is 3.44. The molecule has 0 saturated carbocycles. The lowest BCUT2D eigenvalue weighted by atomic mass is 9.99. The summed E-state index contributed by atoms with van der Waals surface area (Å²) in [6.07, 6.45) is -1.49. The fourth-order valence-electron chi connectivity index (χ4n) is 1.37. The molecule has 0 aliphatic rings. The Morgan fingerprint density at radius 2 is 1.73 bits per heavy atom. The highest BCUT2D eigenvalue weighted by molar-refractivity contribution is 5.18. The van der Waals surface area contributed by atoms with Crippen molar-refractivity contribution in [2.75, 3.05) is 0 Å². The fourth-order valence-corrected chi connectivity index (χ4v) is 1.37. The van der Waals surface area contributed by atoms with Crippen LogP contribution >= 0.6 is 0 Å². The molecule has 0 amide bonds. The van der Waals surface area contributed by atoms with E-state index >= 15 is 0 Å². The van der Waals surface area contributed by atoms with Gasteiger partial charge in [-0.25, -0.2) is 0 Å². The van der Waals surface area contributed by atoms with Gasteiger partial charge >= 0.3 is 0 Å². The van der Waals surface area contributed by atoms with Gasteiger partial charge in [0.25, 0.3) is 0 Å². The van der Waals surface area contributed by atoms with Crippen LogP contribution in [0, 0.1) is 0 Å². The molecule has 3 nitrogen and oxygen atoms in total. The van der Waals surface area contributed by atoms with Gasteiger partial charge in [-0.3, -0.25) is 0 Å². The van der Waals surface area contributed by atoms with Crippen LogP contribution in [-0.2, 0) is 0 Å². The van der Waals surface area contributed by atoms with Crippen LogP contribution in [0.1, 0.15) is 18.1 Å². The molecule has 3 heteroatoms. The van der Waals surface area contributed by atoms with Crippen molar-refractivity contribution in [1.29, 1.82) is 0 Å². The summed E-state index contributed by atoms with van der Waals surface area (Å²) in [4.78, 5) is 0. The first-order valence-corrected chi connectivity index (χ1v) is 4.87. The van der Waals surface area contributed by atoms with Crippen LogP contribution in [0.5, 0.6) is 0 Å². The molecule has 1 aromatic rings. The third-order valence-corrected chi connectivity index (χ3v) is 2.27. The molecule has 1 rings (SSSR count). The van der Waals surface area contributed by atoms with E-state index in [-0.39, 0.29) is 6.42 Å². The monoisotopic (exact) mass is 208 g/mol. The maximum atomic E-state index is 9.74. The first-order valence-electron chi connectivity index (χ1n) is 4.87. The zero-order chi connectivity index (χ0) is 11.3. The second-order valence-electron chi connectivity index (χ2n) is 3.44. The van der Waals surface area contributed by atoms with Crippen LogP contribution in [0.15, 0.2) is 43.0 Å². The number of hydrogen-bond acceptors (Lipinski definition) is 3. The summed E-state index contributed by atoms with van der Waals surface area (Å²) >= 11 is 0. The Labute approximate surface area is 89.3 Å². The first-order chi connectivity index (χ1) is 7.16. The van der Waals surface area contributed by atoms with Crippen LogP contribution in [-0.4, -0.2) is 27.5 Å². The van der Waals surface area contributed by atoms with Gasteiger partial charge in [0.05, 0.1) is 6.10 Å². The molecule has 0 aromatic heterocycles. The first kappa shape index (κ1) is 11.9. The largest absolute Gasteiger partial charge is 0.390 e. The average molecular weight is 208 g/mol. The summed E-state index contributed by atoms with van der Waals surface area (Å²) in [7, 11) is 0. The molecule has 0 aliphatic carbocycles. The Morgan fingerprint density at radius 1 is 1.13 bits per heavy atom. The Balaban J connectivity index is 2.68. The van der Waals surface area contributed by atoms with Gasteiger partial charge in [-0.15, -0.1) is 6.58 Å². The van der Waals surface area contributed by atoms with E-state index in [1.807, 2.05) is 6.07 Å². The molecule has 0 bridgehead atoms. The van der Waals surface area contributed by atoms with E-state index in [0.29, 0.717) is 5.56 Å². The van der Waals surface area contributed by atoms with E-state index in [4.69, 9.17) is 0 Å². The number of benzene rings is 1. The van der Waals surface area contributed by atoms with Gasteiger partial charge in [0.15, 0.2) is 0 Å². The molecule has 3 atom stereocenters. The maximum Gasteiger partial charge on any atom is 0.110 e. The molecule has 82 valence electrons. The topological polar surface area (TPSA) is 60.7 Å². The zero-order valence-electron chi connectivity index (χ0n) is 8.45. The molecule has 15 heavy (non-hydrogen) atoms. The van der Waals surface area contributed by atoms with Gasteiger partial charge < -0.3 is 15.3 Å². The second kappa shape index (κ2) is 5.66. The Hall–Kier alpha value is -1.16. The van der Waals surface area contributed by atoms with Crippen LogP contribution in [0.4, 0.5) is 0 Å². The Bertz CT molecular complexity index is 297. The highest BCUT2D eigenvalue weighted by atomic mass is 16.4. The minimum absolute atomic E-state index is 0.255. The van der Waals surface area contributed by atoms with Crippen molar-refractivity contribution in [1.82, 2.24) is 0 Å². The van der Waals surface area contributed by atoms with E-state index in [9.17, 15) is 15.3 Å². The SMILES string of the molecule is C=CC[C@@H](O)[C@H](O)[C@@H](O)c1ccccc1. The molecule has 0 radical (unpaired) electrons. The van der Waals surface area contributed by atoms with E-state index < -0.39 is 18.3 Å². The van der Waals surface area contributed by atoms with Crippen LogP contribution in [0.25, 0.3) is 0 Å². The lowest BCUT2D eigenvalue weighted by molar-refractivity contribution is -0.0590. The summed E-state index contributed by atoms with van der Waals surface area (Å²) in [5.41, 5.74) is 0.591. The number of aliphatic hydroxyl groups is 3. The van der Waals surface area contributed by atoms with Crippen molar-refractivity contribution in [3.63, 3.8) is 0 Å². The van der Waals surface area contributed by atoms with Crippen molar-refractivity contribution in [2.45, 2.75) is 24.7 Å². The van der Waals surface area contributed by atoms with E-state index in [1.54, 1.807) is 24.3 Å². The molecule has 0 saturated heterocycles. The average Bonchev–Trinajstić information content (AvgIpc) is 2.28. The van der Waals surface area contributed by atoms with Crippen LogP contribution in [0.3, 0.4) is 0 Å². The lowest BCUT2D eigenvalue weighted by Gasteiger charge is -2.22. The molecule has 0 aliphatic heterocycles. The van der Waals surface area contributed by atoms with Gasteiger partial charge in [-0.2, -0.15) is 0 Å². The smallest absolute Gasteiger partial charge is 0.110 e. The summed E-state index contributed by atoms with van der Waals surface area (Å²) in [5.74, 6) is 0.